The fourth-order valence-corrected chi connectivity index (χ4v) is 3.46. The van der Waals surface area contributed by atoms with Crippen molar-refractivity contribution in [1.82, 2.24) is 0 Å². The number of benzene rings is 4. The molecule has 0 aliphatic heterocycles. The monoisotopic (exact) mass is 323 g/mol. The van der Waals surface area contributed by atoms with Gasteiger partial charge in [-0.2, -0.15) is 0 Å². The maximum absolute atomic E-state index is 6.62. The number of rotatable bonds is 4. The van der Waals surface area contributed by atoms with Gasteiger partial charge < -0.3 is 5.73 Å². The third-order valence-electron chi connectivity index (χ3n) is 4.75. The van der Waals surface area contributed by atoms with Gasteiger partial charge in [-0.1, -0.05) is 91.0 Å². The molecule has 2 N–H and O–H groups in total. The molecule has 0 spiro atoms. The van der Waals surface area contributed by atoms with Crippen LogP contribution in [0.25, 0.3) is 10.8 Å². The highest BCUT2D eigenvalue weighted by Crippen LogP contribution is 2.31. The highest BCUT2D eigenvalue weighted by Gasteiger charge is 2.12. The first-order valence-corrected chi connectivity index (χ1v) is 8.68. The Morgan fingerprint density at radius 2 is 1.16 bits per heavy atom. The molecule has 0 saturated heterocycles. The van der Waals surface area contributed by atoms with Gasteiger partial charge in [0.25, 0.3) is 0 Å². The summed E-state index contributed by atoms with van der Waals surface area (Å²) in [4.78, 5) is 0. The van der Waals surface area contributed by atoms with Gasteiger partial charge in [0.2, 0.25) is 0 Å². The zero-order chi connectivity index (χ0) is 17.1. The van der Waals surface area contributed by atoms with Gasteiger partial charge in [0, 0.05) is 11.1 Å². The van der Waals surface area contributed by atoms with Crippen LogP contribution in [0.2, 0.25) is 0 Å². The van der Waals surface area contributed by atoms with Crippen LogP contribution in [0.15, 0.2) is 91.0 Å². The second-order valence-corrected chi connectivity index (χ2v) is 6.47. The molecular formula is C24H21N. The molecule has 0 aromatic heterocycles. The topological polar surface area (TPSA) is 26.0 Å². The molecule has 4 rings (SSSR count). The summed E-state index contributed by atoms with van der Waals surface area (Å²) in [5.74, 6) is 0. The summed E-state index contributed by atoms with van der Waals surface area (Å²) in [5.41, 5.74) is 12.7. The van der Waals surface area contributed by atoms with Crippen molar-refractivity contribution in [2.24, 2.45) is 0 Å². The van der Waals surface area contributed by atoms with E-state index in [9.17, 15) is 0 Å². The molecular weight excluding hydrogens is 302 g/mol. The number of nitrogens with two attached hydrogens (primary N) is 1. The average molecular weight is 323 g/mol. The normalized spacial score (nSPS) is 10.9. The molecule has 1 heteroatoms. The van der Waals surface area contributed by atoms with Crippen molar-refractivity contribution >= 4 is 16.5 Å². The second kappa shape index (κ2) is 6.82. The van der Waals surface area contributed by atoms with Crippen molar-refractivity contribution in [2.75, 3.05) is 5.73 Å². The van der Waals surface area contributed by atoms with E-state index in [-0.39, 0.29) is 0 Å². The SMILES string of the molecule is Nc1c(Cc2ccccc2)c(Cc2ccccc2)cc2ccccc12. The van der Waals surface area contributed by atoms with E-state index >= 15 is 0 Å². The zero-order valence-corrected chi connectivity index (χ0v) is 14.2. The predicted octanol–water partition coefficient (Wildman–Crippen LogP) is 5.60. The van der Waals surface area contributed by atoms with Crippen LogP contribution in [0.4, 0.5) is 5.69 Å². The largest absolute Gasteiger partial charge is 0.398 e. The summed E-state index contributed by atoms with van der Waals surface area (Å²) in [6.07, 6.45) is 1.76. The maximum atomic E-state index is 6.62. The third-order valence-corrected chi connectivity index (χ3v) is 4.75. The highest BCUT2D eigenvalue weighted by atomic mass is 14.6. The van der Waals surface area contributed by atoms with E-state index < -0.39 is 0 Å². The maximum Gasteiger partial charge on any atom is 0.0432 e. The fourth-order valence-electron chi connectivity index (χ4n) is 3.46. The average Bonchev–Trinajstić information content (AvgIpc) is 2.67. The van der Waals surface area contributed by atoms with Crippen LogP contribution < -0.4 is 5.73 Å². The number of fused-ring (bicyclic) bond motifs is 1. The molecule has 4 aromatic carbocycles. The van der Waals surface area contributed by atoms with E-state index in [2.05, 4.69) is 91.0 Å². The van der Waals surface area contributed by atoms with Crippen LogP contribution in [0, 0.1) is 0 Å². The lowest BCUT2D eigenvalue weighted by Gasteiger charge is -2.16. The molecule has 25 heavy (non-hydrogen) atoms. The third kappa shape index (κ3) is 3.27. The first kappa shape index (κ1) is 15.5. The Balaban J connectivity index is 1.85. The summed E-state index contributed by atoms with van der Waals surface area (Å²) >= 11 is 0. The van der Waals surface area contributed by atoms with Crippen LogP contribution in [0.1, 0.15) is 22.3 Å². The van der Waals surface area contributed by atoms with Gasteiger partial charge in [0.1, 0.15) is 0 Å². The minimum absolute atomic E-state index is 0.861. The lowest BCUT2D eigenvalue weighted by atomic mass is 9.90. The van der Waals surface area contributed by atoms with Crippen LogP contribution in [-0.2, 0) is 12.8 Å². The zero-order valence-electron chi connectivity index (χ0n) is 14.2. The summed E-state index contributed by atoms with van der Waals surface area (Å²) < 4.78 is 0. The molecule has 1 nitrogen and oxygen atoms in total. The van der Waals surface area contributed by atoms with Crippen molar-refractivity contribution in [3.8, 4) is 0 Å². The van der Waals surface area contributed by atoms with Crippen molar-refractivity contribution in [3.05, 3.63) is 113 Å². The van der Waals surface area contributed by atoms with Gasteiger partial charge in [0.05, 0.1) is 0 Å². The molecule has 0 heterocycles. The molecule has 0 aliphatic rings. The Kier molecular flexibility index (Phi) is 4.22. The first-order valence-electron chi connectivity index (χ1n) is 8.68. The molecule has 0 fully saturated rings. The fraction of sp³-hybridized carbons (Fsp3) is 0.0833. The Bertz CT molecular complexity index is 988. The van der Waals surface area contributed by atoms with Crippen molar-refractivity contribution in [2.45, 2.75) is 12.8 Å². The van der Waals surface area contributed by atoms with E-state index in [4.69, 9.17) is 5.73 Å². The van der Waals surface area contributed by atoms with Crippen LogP contribution in [0.3, 0.4) is 0 Å². The van der Waals surface area contributed by atoms with E-state index in [0.717, 1.165) is 23.9 Å². The standard InChI is InChI=1S/C24H21N/c25-24-22-14-8-7-13-20(22)17-21(15-18-9-3-1-4-10-18)23(24)16-19-11-5-2-6-12-19/h1-14,17H,15-16,25H2. The second-order valence-electron chi connectivity index (χ2n) is 6.47. The number of hydrogen-bond donors (Lipinski definition) is 1. The van der Waals surface area contributed by atoms with Gasteiger partial charge in [-0.05, 0) is 40.5 Å². The van der Waals surface area contributed by atoms with Crippen LogP contribution in [0.5, 0.6) is 0 Å². The van der Waals surface area contributed by atoms with Crippen molar-refractivity contribution < 1.29 is 0 Å². The number of hydrogen-bond acceptors (Lipinski definition) is 1. The Morgan fingerprint density at radius 1 is 0.600 bits per heavy atom. The summed E-state index contributed by atoms with van der Waals surface area (Å²) in [6, 6.07) is 31.9. The number of nitrogen functional groups attached to an aromatic ring is 1. The van der Waals surface area contributed by atoms with Gasteiger partial charge >= 0.3 is 0 Å². The van der Waals surface area contributed by atoms with Gasteiger partial charge in [-0.3, -0.25) is 0 Å². The smallest absolute Gasteiger partial charge is 0.0432 e. The van der Waals surface area contributed by atoms with Crippen molar-refractivity contribution in [1.29, 1.82) is 0 Å². The van der Waals surface area contributed by atoms with E-state index in [1.165, 1.54) is 27.6 Å². The molecule has 0 unspecified atom stereocenters. The Morgan fingerprint density at radius 3 is 1.84 bits per heavy atom. The van der Waals surface area contributed by atoms with E-state index in [1.54, 1.807) is 0 Å². The van der Waals surface area contributed by atoms with Gasteiger partial charge in [-0.15, -0.1) is 0 Å². The summed E-state index contributed by atoms with van der Waals surface area (Å²) in [6.45, 7) is 0. The van der Waals surface area contributed by atoms with Gasteiger partial charge in [-0.25, -0.2) is 0 Å². The molecule has 4 aromatic rings. The Labute approximate surface area is 148 Å². The number of anilines is 1. The Hall–Kier alpha value is -3.06. The minimum atomic E-state index is 0.861. The van der Waals surface area contributed by atoms with Crippen LogP contribution >= 0.6 is 0 Å². The van der Waals surface area contributed by atoms with E-state index in [0.29, 0.717) is 0 Å². The molecule has 122 valence electrons. The lowest BCUT2D eigenvalue weighted by Crippen LogP contribution is -2.03. The van der Waals surface area contributed by atoms with Crippen LogP contribution in [-0.4, -0.2) is 0 Å². The van der Waals surface area contributed by atoms with E-state index in [1.807, 2.05) is 0 Å². The lowest BCUT2D eigenvalue weighted by molar-refractivity contribution is 1.10. The quantitative estimate of drug-likeness (QED) is 0.486. The van der Waals surface area contributed by atoms with Crippen molar-refractivity contribution in [3.63, 3.8) is 0 Å². The molecule has 0 aliphatic carbocycles. The summed E-state index contributed by atoms with van der Waals surface area (Å²) in [5, 5.41) is 2.35. The summed E-state index contributed by atoms with van der Waals surface area (Å²) in [7, 11) is 0. The molecule has 0 saturated carbocycles. The first-order chi connectivity index (χ1) is 12.3. The predicted molar refractivity (Wildman–Crippen MR) is 107 cm³/mol. The molecule has 0 amide bonds. The minimum Gasteiger partial charge on any atom is -0.398 e. The van der Waals surface area contributed by atoms with Gasteiger partial charge in [0.15, 0.2) is 0 Å². The molecule has 0 bridgehead atoms. The highest BCUT2D eigenvalue weighted by molar-refractivity contribution is 5.95. The molecule has 0 radical (unpaired) electrons. The molecule has 0 atom stereocenters.